The molecule has 0 bridgehead atoms. The van der Waals surface area contributed by atoms with Crippen LogP contribution in [-0.2, 0) is 9.59 Å². The van der Waals surface area contributed by atoms with E-state index in [-0.39, 0.29) is 11.8 Å². The molecule has 192 valence electrons. The summed E-state index contributed by atoms with van der Waals surface area (Å²) >= 11 is 9.81. The second-order valence-electron chi connectivity index (χ2n) is 7.34. The van der Waals surface area contributed by atoms with Gasteiger partial charge in [0.2, 0.25) is 0 Å². The van der Waals surface area contributed by atoms with Crippen molar-refractivity contribution in [2.45, 2.75) is 39.5 Å². The lowest BCUT2D eigenvalue weighted by Crippen LogP contribution is -2.35. The van der Waals surface area contributed by atoms with Gasteiger partial charge >= 0.3 is 0 Å². The molecule has 0 aromatic rings. The summed E-state index contributed by atoms with van der Waals surface area (Å²) in [6.45, 7) is 8.74. The van der Waals surface area contributed by atoms with Gasteiger partial charge in [0.1, 0.15) is 0 Å². The summed E-state index contributed by atoms with van der Waals surface area (Å²) in [5, 5.41) is 12.6. The number of carbonyl (C=O) groups excluding carboxylic acids is 2. The molecule has 0 aliphatic carbocycles. The molecule has 2 amide bonds. The molecule has 2 aliphatic rings. The summed E-state index contributed by atoms with van der Waals surface area (Å²) in [5.74, 6) is -0.347. The van der Waals surface area contributed by atoms with Crippen molar-refractivity contribution in [2.24, 2.45) is 0 Å². The van der Waals surface area contributed by atoms with Crippen LogP contribution in [0.1, 0.15) is 39.5 Å². The molecule has 34 heavy (non-hydrogen) atoms. The van der Waals surface area contributed by atoms with Crippen LogP contribution in [0.25, 0.3) is 0 Å². The molecule has 2 rings (SSSR count). The largest absolute Gasteiger partial charge is 0.350 e. The van der Waals surface area contributed by atoms with E-state index < -0.39 is 0 Å². The monoisotopic (exact) mass is 580 g/mol. The third kappa shape index (κ3) is 9.91. The Kier molecular flexibility index (Phi) is 15.7. The van der Waals surface area contributed by atoms with Gasteiger partial charge in [0.05, 0.1) is 26.8 Å². The highest BCUT2D eigenvalue weighted by Crippen LogP contribution is 2.63. The van der Waals surface area contributed by atoms with E-state index in [0.29, 0.717) is 22.9 Å². The highest BCUT2D eigenvalue weighted by atomic mass is 32.3. The maximum absolute atomic E-state index is 13.0. The Balaban J connectivity index is 2.03. The van der Waals surface area contributed by atoms with Crippen LogP contribution in [-0.4, -0.2) is 63.6 Å². The summed E-state index contributed by atoms with van der Waals surface area (Å²) in [4.78, 5) is 27.0. The van der Waals surface area contributed by atoms with Crippen LogP contribution in [0.5, 0.6) is 0 Å². The molecule has 0 radical (unpaired) electrons. The third-order valence-corrected chi connectivity index (χ3v) is 13.0. The Bertz CT molecular complexity index is 740. The predicted octanol–water partition coefficient (Wildman–Crippen LogP) is 5.15. The molecule has 0 saturated carbocycles. The van der Waals surface area contributed by atoms with Gasteiger partial charge in [0, 0.05) is 26.2 Å². The molecular formula is C22H36N4O2S6. The molecule has 12 heteroatoms. The van der Waals surface area contributed by atoms with Crippen molar-refractivity contribution in [3.8, 4) is 0 Å². The standard InChI is InChI=1S/C22H36N4O2S6/c1-5-7-9-23-11-13-25-17(27)15-16(18(28)26-14-12-24-10-8-6-2)32-21(31-15)22-33-19(29-3)20(30-4)34-22/h23-24H,5-14H2,1-4H3,(H,25,27)(H,26,28). The van der Waals surface area contributed by atoms with Gasteiger partial charge in [-0.1, -0.05) is 73.7 Å². The lowest BCUT2D eigenvalue weighted by Gasteiger charge is -2.09. The normalized spacial score (nSPS) is 16.1. The predicted molar refractivity (Wildman–Crippen MR) is 160 cm³/mol. The molecule has 6 nitrogen and oxygen atoms in total. The second kappa shape index (κ2) is 17.6. The first-order valence-electron chi connectivity index (χ1n) is 11.6. The number of thioether (sulfide) groups is 6. The van der Waals surface area contributed by atoms with Gasteiger partial charge in [0.25, 0.3) is 11.8 Å². The summed E-state index contributed by atoms with van der Waals surface area (Å²) in [6, 6.07) is 0. The van der Waals surface area contributed by atoms with Gasteiger partial charge in [-0.05, 0) is 38.4 Å². The number of carbonyl (C=O) groups is 2. The smallest absolute Gasteiger partial charge is 0.259 e. The zero-order chi connectivity index (χ0) is 24.8. The second-order valence-corrected chi connectivity index (χ2v) is 14.1. The fraction of sp³-hybridized carbons (Fsp3) is 0.636. The van der Waals surface area contributed by atoms with E-state index >= 15 is 0 Å². The van der Waals surface area contributed by atoms with E-state index in [1.165, 1.54) is 32.0 Å². The average Bonchev–Trinajstić information content (AvgIpc) is 3.47. The Morgan fingerprint density at radius 3 is 1.44 bits per heavy atom. The number of hydrogen-bond acceptors (Lipinski definition) is 10. The van der Waals surface area contributed by atoms with Crippen LogP contribution in [0, 0.1) is 0 Å². The Morgan fingerprint density at radius 1 is 0.647 bits per heavy atom. The highest BCUT2D eigenvalue weighted by molar-refractivity contribution is 8.42. The summed E-state index contributed by atoms with van der Waals surface area (Å²) in [6.07, 6.45) is 8.71. The number of unbranched alkanes of at least 4 members (excludes halogenated alkanes) is 2. The molecule has 0 saturated heterocycles. The lowest BCUT2D eigenvalue weighted by molar-refractivity contribution is -0.119. The lowest BCUT2D eigenvalue weighted by atomic mass is 10.3. The Labute approximate surface area is 230 Å². The molecule has 0 unspecified atom stereocenters. The van der Waals surface area contributed by atoms with Gasteiger partial charge in [-0.3, -0.25) is 9.59 Å². The first-order valence-corrected chi connectivity index (χ1v) is 17.3. The SMILES string of the molecule is CCCCNCCNC(=O)C1=C(C(=O)NCCNCCCC)SC(=C2SC(SC)=C(SC)S2)S1. The van der Waals surface area contributed by atoms with E-state index in [0.717, 1.165) is 60.3 Å². The van der Waals surface area contributed by atoms with Crippen LogP contribution < -0.4 is 21.3 Å². The first kappa shape index (κ1) is 30.4. The van der Waals surface area contributed by atoms with Crippen molar-refractivity contribution in [3.63, 3.8) is 0 Å². The van der Waals surface area contributed by atoms with Gasteiger partial charge in [-0.25, -0.2) is 0 Å². The van der Waals surface area contributed by atoms with E-state index in [1.807, 2.05) is 0 Å². The Hall–Kier alpha value is 0.180. The molecule has 2 heterocycles. The maximum atomic E-state index is 13.0. The quantitative estimate of drug-likeness (QED) is 0.184. The van der Waals surface area contributed by atoms with Crippen LogP contribution in [0.2, 0.25) is 0 Å². The summed E-state index contributed by atoms with van der Waals surface area (Å²) in [5.41, 5.74) is 0. The summed E-state index contributed by atoms with van der Waals surface area (Å²) < 4.78 is 4.73. The molecule has 2 aliphatic heterocycles. The first-order chi connectivity index (χ1) is 16.5. The number of nitrogens with one attached hydrogen (secondary N) is 4. The van der Waals surface area contributed by atoms with Gasteiger partial charge in [-0.15, -0.1) is 23.5 Å². The number of rotatable bonds is 16. The van der Waals surface area contributed by atoms with Gasteiger partial charge in [-0.2, -0.15) is 0 Å². The number of hydrogen-bond donors (Lipinski definition) is 4. The zero-order valence-corrected chi connectivity index (χ0v) is 25.2. The maximum Gasteiger partial charge on any atom is 0.259 e. The van der Waals surface area contributed by atoms with Crippen molar-refractivity contribution in [3.05, 3.63) is 26.8 Å². The average molecular weight is 581 g/mol. The van der Waals surface area contributed by atoms with Crippen LogP contribution >= 0.6 is 70.6 Å². The minimum Gasteiger partial charge on any atom is -0.350 e. The van der Waals surface area contributed by atoms with E-state index in [9.17, 15) is 9.59 Å². The molecule has 0 fully saturated rings. The van der Waals surface area contributed by atoms with Crippen molar-refractivity contribution < 1.29 is 9.59 Å². The zero-order valence-electron chi connectivity index (χ0n) is 20.3. The van der Waals surface area contributed by atoms with E-state index in [1.54, 1.807) is 47.0 Å². The van der Waals surface area contributed by atoms with Crippen LogP contribution in [0.15, 0.2) is 26.8 Å². The minimum atomic E-state index is -0.173. The fourth-order valence-electron chi connectivity index (χ4n) is 2.83. The highest BCUT2D eigenvalue weighted by Gasteiger charge is 2.35. The van der Waals surface area contributed by atoms with Crippen molar-refractivity contribution in [1.29, 1.82) is 0 Å². The molecule has 0 aromatic heterocycles. The van der Waals surface area contributed by atoms with Gasteiger partial charge in [0.15, 0.2) is 0 Å². The van der Waals surface area contributed by atoms with Crippen molar-refractivity contribution >= 4 is 82.4 Å². The number of amides is 2. The van der Waals surface area contributed by atoms with Crippen molar-refractivity contribution in [1.82, 2.24) is 21.3 Å². The van der Waals surface area contributed by atoms with Gasteiger partial charge < -0.3 is 21.3 Å². The molecule has 0 aromatic carbocycles. The van der Waals surface area contributed by atoms with Crippen molar-refractivity contribution in [2.75, 3.05) is 51.8 Å². The molecular weight excluding hydrogens is 545 g/mol. The van der Waals surface area contributed by atoms with Crippen LogP contribution in [0.3, 0.4) is 0 Å². The van der Waals surface area contributed by atoms with E-state index in [2.05, 4.69) is 47.6 Å². The summed E-state index contributed by atoms with van der Waals surface area (Å²) in [7, 11) is 0. The molecule has 4 N–H and O–H groups in total. The topological polar surface area (TPSA) is 82.3 Å². The Morgan fingerprint density at radius 2 is 1.06 bits per heavy atom. The molecule has 0 atom stereocenters. The fourth-order valence-corrected chi connectivity index (χ4v) is 10.6. The third-order valence-electron chi connectivity index (χ3n) is 4.67. The molecule has 0 spiro atoms. The minimum absolute atomic E-state index is 0.173. The van der Waals surface area contributed by atoms with E-state index in [4.69, 9.17) is 0 Å². The van der Waals surface area contributed by atoms with Crippen LogP contribution in [0.4, 0.5) is 0 Å².